The van der Waals surface area contributed by atoms with Gasteiger partial charge in [-0.15, -0.1) is 0 Å². The first-order valence-electron chi connectivity index (χ1n) is 7.33. The van der Waals surface area contributed by atoms with E-state index in [0.29, 0.717) is 19.0 Å². The van der Waals surface area contributed by atoms with Crippen LogP contribution in [-0.4, -0.2) is 28.7 Å². The molecule has 1 aliphatic heterocycles. The molecule has 3 rings (SSSR count). The Morgan fingerprint density at radius 1 is 1.32 bits per heavy atom. The summed E-state index contributed by atoms with van der Waals surface area (Å²) >= 11 is 0. The average molecular weight is 301 g/mol. The van der Waals surface area contributed by atoms with E-state index in [4.69, 9.17) is 9.47 Å². The molecular weight excluding hydrogens is 282 g/mol. The van der Waals surface area contributed by atoms with Crippen LogP contribution in [0, 0.1) is 0 Å². The maximum absolute atomic E-state index is 12.2. The van der Waals surface area contributed by atoms with Crippen LogP contribution in [0.5, 0.6) is 11.5 Å². The summed E-state index contributed by atoms with van der Waals surface area (Å²) in [7, 11) is 1.79. The van der Waals surface area contributed by atoms with Crippen molar-refractivity contribution in [1.82, 2.24) is 14.9 Å². The zero-order chi connectivity index (χ0) is 15.5. The van der Waals surface area contributed by atoms with Crippen molar-refractivity contribution in [2.75, 3.05) is 13.2 Å². The van der Waals surface area contributed by atoms with E-state index in [1.165, 1.54) is 0 Å². The second-order valence-corrected chi connectivity index (χ2v) is 5.31. The maximum Gasteiger partial charge on any atom is 0.287 e. The molecule has 2 heterocycles. The molecule has 116 valence electrons. The van der Waals surface area contributed by atoms with Crippen LogP contribution in [0.25, 0.3) is 0 Å². The number of amides is 1. The molecule has 0 bridgehead atoms. The van der Waals surface area contributed by atoms with Crippen LogP contribution in [0.15, 0.2) is 30.6 Å². The number of benzene rings is 1. The van der Waals surface area contributed by atoms with E-state index in [1.807, 2.05) is 25.1 Å². The van der Waals surface area contributed by atoms with E-state index in [-0.39, 0.29) is 11.9 Å². The third kappa shape index (κ3) is 2.90. The summed E-state index contributed by atoms with van der Waals surface area (Å²) in [6.07, 6.45) is 4.22. The van der Waals surface area contributed by atoms with Gasteiger partial charge < -0.3 is 19.4 Å². The third-order valence-electron chi connectivity index (χ3n) is 3.64. The number of ether oxygens (including phenoxy) is 2. The molecule has 1 N–H and O–H groups in total. The smallest absolute Gasteiger partial charge is 0.287 e. The van der Waals surface area contributed by atoms with Gasteiger partial charge in [-0.05, 0) is 24.6 Å². The Labute approximate surface area is 129 Å². The van der Waals surface area contributed by atoms with Gasteiger partial charge in [0, 0.05) is 25.9 Å². The highest BCUT2D eigenvalue weighted by atomic mass is 16.5. The minimum Gasteiger partial charge on any atom is -0.490 e. The SMILES string of the molecule is CC(NC(=O)c1nccn1C)c1ccc2c(c1)OCCCO2. The van der Waals surface area contributed by atoms with Crippen molar-refractivity contribution in [2.24, 2.45) is 7.05 Å². The van der Waals surface area contributed by atoms with Crippen molar-refractivity contribution >= 4 is 5.91 Å². The van der Waals surface area contributed by atoms with E-state index >= 15 is 0 Å². The lowest BCUT2D eigenvalue weighted by atomic mass is 10.1. The van der Waals surface area contributed by atoms with Crippen LogP contribution in [0.1, 0.15) is 35.6 Å². The van der Waals surface area contributed by atoms with Crippen molar-refractivity contribution in [3.63, 3.8) is 0 Å². The molecule has 1 unspecified atom stereocenters. The number of fused-ring (bicyclic) bond motifs is 1. The molecule has 6 heteroatoms. The Morgan fingerprint density at radius 3 is 2.82 bits per heavy atom. The molecule has 6 nitrogen and oxygen atoms in total. The summed E-state index contributed by atoms with van der Waals surface area (Å²) < 4.78 is 13.0. The van der Waals surface area contributed by atoms with E-state index < -0.39 is 0 Å². The number of imidazole rings is 1. The Balaban J connectivity index is 1.75. The largest absolute Gasteiger partial charge is 0.490 e. The van der Waals surface area contributed by atoms with E-state index in [0.717, 1.165) is 23.5 Å². The van der Waals surface area contributed by atoms with Gasteiger partial charge in [0.2, 0.25) is 0 Å². The number of hydrogen-bond acceptors (Lipinski definition) is 4. The van der Waals surface area contributed by atoms with Crippen molar-refractivity contribution in [1.29, 1.82) is 0 Å². The molecule has 1 atom stereocenters. The van der Waals surface area contributed by atoms with Crippen LogP contribution in [0.4, 0.5) is 0 Å². The standard InChI is InChI=1S/C16H19N3O3/c1-11(18-16(20)15-17-6-7-19(15)2)12-4-5-13-14(10-12)22-9-3-8-21-13/h4-7,10-11H,3,8-9H2,1-2H3,(H,18,20). The molecule has 0 spiro atoms. The average Bonchev–Trinajstić information content (AvgIpc) is 2.80. The molecule has 22 heavy (non-hydrogen) atoms. The molecule has 1 amide bonds. The summed E-state index contributed by atoms with van der Waals surface area (Å²) in [5.41, 5.74) is 0.965. The highest BCUT2D eigenvalue weighted by molar-refractivity contribution is 5.91. The number of nitrogens with one attached hydrogen (secondary N) is 1. The van der Waals surface area contributed by atoms with Crippen LogP contribution in [-0.2, 0) is 7.05 Å². The zero-order valence-electron chi connectivity index (χ0n) is 12.7. The Bertz CT molecular complexity index is 681. The molecule has 0 saturated heterocycles. The number of aromatic nitrogens is 2. The first-order chi connectivity index (χ1) is 10.6. The van der Waals surface area contributed by atoms with Gasteiger partial charge in [0.05, 0.1) is 19.3 Å². The molecule has 1 aromatic heterocycles. The van der Waals surface area contributed by atoms with E-state index in [9.17, 15) is 4.79 Å². The normalized spacial score (nSPS) is 15.0. The molecule has 0 saturated carbocycles. The van der Waals surface area contributed by atoms with Crippen LogP contribution >= 0.6 is 0 Å². The second kappa shape index (κ2) is 6.09. The molecule has 0 aliphatic carbocycles. The van der Waals surface area contributed by atoms with Crippen molar-refractivity contribution in [3.05, 3.63) is 42.0 Å². The van der Waals surface area contributed by atoms with Crippen molar-refractivity contribution in [2.45, 2.75) is 19.4 Å². The topological polar surface area (TPSA) is 65.4 Å². The maximum atomic E-state index is 12.2. The summed E-state index contributed by atoms with van der Waals surface area (Å²) in [6.45, 7) is 3.24. The fourth-order valence-corrected chi connectivity index (χ4v) is 2.38. The van der Waals surface area contributed by atoms with Crippen molar-refractivity contribution < 1.29 is 14.3 Å². The monoisotopic (exact) mass is 301 g/mol. The van der Waals surface area contributed by atoms with Crippen LogP contribution in [0.2, 0.25) is 0 Å². The predicted octanol–water partition coefficient (Wildman–Crippen LogP) is 2.07. The van der Waals surface area contributed by atoms with Gasteiger partial charge in [-0.1, -0.05) is 6.07 Å². The second-order valence-electron chi connectivity index (χ2n) is 5.31. The fourth-order valence-electron chi connectivity index (χ4n) is 2.38. The molecule has 0 fully saturated rings. The first kappa shape index (κ1) is 14.4. The Morgan fingerprint density at radius 2 is 2.09 bits per heavy atom. The highest BCUT2D eigenvalue weighted by Gasteiger charge is 2.17. The zero-order valence-corrected chi connectivity index (χ0v) is 12.7. The molecule has 2 aromatic rings. The van der Waals surface area contributed by atoms with Gasteiger partial charge in [0.1, 0.15) is 0 Å². The van der Waals surface area contributed by atoms with Gasteiger partial charge in [-0.2, -0.15) is 0 Å². The number of rotatable bonds is 3. The number of nitrogens with zero attached hydrogens (tertiary/aromatic N) is 2. The number of carbonyl (C=O) groups excluding carboxylic acids is 1. The lowest BCUT2D eigenvalue weighted by Crippen LogP contribution is -2.28. The van der Waals surface area contributed by atoms with Crippen LogP contribution in [0.3, 0.4) is 0 Å². The fraction of sp³-hybridized carbons (Fsp3) is 0.375. The van der Waals surface area contributed by atoms with Gasteiger partial charge in [-0.25, -0.2) is 4.98 Å². The number of carbonyl (C=O) groups is 1. The predicted molar refractivity (Wildman–Crippen MR) is 81.1 cm³/mol. The number of hydrogen-bond donors (Lipinski definition) is 1. The van der Waals surface area contributed by atoms with Crippen molar-refractivity contribution in [3.8, 4) is 11.5 Å². The van der Waals surface area contributed by atoms with Gasteiger partial charge in [-0.3, -0.25) is 4.79 Å². The lowest BCUT2D eigenvalue weighted by Gasteiger charge is -2.16. The number of aryl methyl sites for hydroxylation is 1. The third-order valence-corrected chi connectivity index (χ3v) is 3.64. The summed E-state index contributed by atoms with van der Waals surface area (Å²) in [6, 6.07) is 5.60. The first-order valence-corrected chi connectivity index (χ1v) is 7.33. The molecule has 1 aromatic carbocycles. The molecule has 1 aliphatic rings. The molecular formula is C16H19N3O3. The van der Waals surface area contributed by atoms with Gasteiger partial charge >= 0.3 is 0 Å². The summed E-state index contributed by atoms with van der Waals surface area (Å²) in [5, 5.41) is 2.94. The Kier molecular flexibility index (Phi) is 4.00. The quantitative estimate of drug-likeness (QED) is 0.942. The Hall–Kier alpha value is -2.50. The summed E-state index contributed by atoms with van der Waals surface area (Å²) in [5.74, 6) is 1.67. The minimum absolute atomic E-state index is 0.152. The van der Waals surface area contributed by atoms with Crippen LogP contribution < -0.4 is 14.8 Å². The van der Waals surface area contributed by atoms with Gasteiger partial charge in [0.25, 0.3) is 5.91 Å². The van der Waals surface area contributed by atoms with E-state index in [2.05, 4.69) is 10.3 Å². The minimum atomic E-state index is -0.202. The van der Waals surface area contributed by atoms with E-state index in [1.54, 1.807) is 24.0 Å². The highest BCUT2D eigenvalue weighted by Crippen LogP contribution is 2.32. The lowest BCUT2D eigenvalue weighted by molar-refractivity contribution is 0.0926. The summed E-state index contributed by atoms with van der Waals surface area (Å²) in [4.78, 5) is 16.3. The molecule has 0 radical (unpaired) electrons. The van der Waals surface area contributed by atoms with Gasteiger partial charge in [0.15, 0.2) is 17.3 Å².